The summed E-state index contributed by atoms with van der Waals surface area (Å²) >= 11 is 0. The Morgan fingerprint density at radius 1 is 0.931 bits per heavy atom. The van der Waals surface area contributed by atoms with Crippen molar-refractivity contribution in [3.8, 4) is 0 Å². The van der Waals surface area contributed by atoms with E-state index in [9.17, 15) is 22.0 Å². The van der Waals surface area contributed by atoms with Gasteiger partial charge in [-0.25, -0.2) is 22.2 Å². The lowest BCUT2D eigenvalue weighted by molar-refractivity contribution is 0.0692. The second-order valence-electron chi connectivity index (χ2n) is 6.66. The summed E-state index contributed by atoms with van der Waals surface area (Å²) in [5.74, 6) is -2.14. The van der Waals surface area contributed by atoms with Crippen LogP contribution in [0.2, 0.25) is 0 Å². The van der Waals surface area contributed by atoms with E-state index < -0.39 is 26.6 Å². The standard InChI is InChI=1S/C20H17F2N3O3S/c21-15-6-7-16(22)19(13-15)29(27,28)25-11-9-24(10-12-25)20(26)18-8-5-14-3-1-2-4-17(14)23-18/h1-8,13H,9-12H2. The van der Waals surface area contributed by atoms with Gasteiger partial charge in [0.1, 0.15) is 22.2 Å². The van der Waals surface area contributed by atoms with Crippen LogP contribution < -0.4 is 0 Å². The molecular formula is C20H17F2N3O3S. The molecule has 3 aromatic rings. The molecule has 9 heteroatoms. The van der Waals surface area contributed by atoms with Crippen LogP contribution >= 0.6 is 0 Å². The summed E-state index contributed by atoms with van der Waals surface area (Å²) in [6, 6.07) is 13.2. The van der Waals surface area contributed by atoms with Crippen LogP contribution in [0.5, 0.6) is 0 Å². The summed E-state index contributed by atoms with van der Waals surface area (Å²) in [6.45, 7) is 0.224. The topological polar surface area (TPSA) is 70.6 Å². The van der Waals surface area contributed by atoms with Crippen LogP contribution in [-0.2, 0) is 10.0 Å². The largest absolute Gasteiger partial charge is 0.335 e. The van der Waals surface area contributed by atoms with Crippen molar-refractivity contribution in [1.29, 1.82) is 0 Å². The van der Waals surface area contributed by atoms with Crippen LogP contribution in [0.15, 0.2) is 59.5 Å². The molecule has 29 heavy (non-hydrogen) atoms. The molecule has 0 unspecified atom stereocenters. The van der Waals surface area contributed by atoms with E-state index in [0.29, 0.717) is 11.6 Å². The van der Waals surface area contributed by atoms with Crippen LogP contribution in [0.3, 0.4) is 0 Å². The highest BCUT2D eigenvalue weighted by molar-refractivity contribution is 7.89. The second kappa shape index (κ2) is 7.49. The molecule has 1 aliphatic rings. The molecule has 4 rings (SSSR count). The van der Waals surface area contributed by atoms with Gasteiger partial charge in [0.05, 0.1) is 5.52 Å². The monoisotopic (exact) mass is 417 g/mol. The van der Waals surface area contributed by atoms with Gasteiger partial charge < -0.3 is 4.90 Å². The van der Waals surface area contributed by atoms with Gasteiger partial charge in [-0.05, 0) is 30.3 Å². The fraction of sp³-hybridized carbons (Fsp3) is 0.200. The van der Waals surface area contributed by atoms with Gasteiger partial charge in [-0.3, -0.25) is 4.79 Å². The minimum absolute atomic E-state index is 0.0163. The van der Waals surface area contributed by atoms with Gasteiger partial charge >= 0.3 is 0 Å². The fourth-order valence-corrected chi connectivity index (χ4v) is 4.79. The second-order valence-corrected chi connectivity index (χ2v) is 8.57. The summed E-state index contributed by atoms with van der Waals surface area (Å²) in [5, 5.41) is 0.914. The molecule has 0 saturated carbocycles. The van der Waals surface area contributed by atoms with Crippen LogP contribution in [0.1, 0.15) is 10.5 Å². The quantitative estimate of drug-likeness (QED) is 0.657. The lowest BCUT2D eigenvalue weighted by Gasteiger charge is -2.33. The zero-order chi connectivity index (χ0) is 20.6. The first-order valence-corrected chi connectivity index (χ1v) is 10.4. The first kappa shape index (κ1) is 19.4. The molecule has 1 saturated heterocycles. The summed E-state index contributed by atoms with van der Waals surface area (Å²) < 4.78 is 53.7. The van der Waals surface area contributed by atoms with E-state index in [-0.39, 0.29) is 37.8 Å². The molecule has 0 N–H and O–H groups in total. The molecule has 150 valence electrons. The Morgan fingerprint density at radius 2 is 1.66 bits per heavy atom. The molecule has 0 atom stereocenters. The zero-order valence-corrected chi connectivity index (χ0v) is 16.1. The number of hydrogen-bond donors (Lipinski definition) is 0. The SMILES string of the molecule is O=C(c1ccc2ccccc2n1)N1CCN(S(=O)(=O)c2cc(F)ccc2F)CC1. The number of nitrogens with zero attached hydrogens (tertiary/aromatic N) is 3. The molecular weight excluding hydrogens is 400 g/mol. The van der Waals surface area contributed by atoms with Crippen LogP contribution in [0, 0.1) is 11.6 Å². The van der Waals surface area contributed by atoms with Crippen molar-refractivity contribution in [3.05, 3.63) is 71.9 Å². The van der Waals surface area contributed by atoms with Crippen molar-refractivity contribution in [3.63, 3.8) is 0 Å². The number of benzene rings is 2. The molecule has 1 aliphatic heterocycles. The molecule has 0 radical (unpaired) electrons. The van der Waals surface area contributed by atoms with Gasteiger partial charge in [-0.2, -0.15) is 4.31 Å². The third-order valence-corrected chi connectivity index (χ3v) is 6.77. The number of carbonyl (C=O) groups is 1. The Labute approximate surface area is 166 Å². The summed E-state index contributed by atoms with van der Waals surface area (Å²) in [7, 11) is -4.19. The average molecular weight is 417 g/mol. The first-order valence-electron chi connectivity index (χ1n) is 8.96. The van der Waals surface area contributed by atoms with E-state index in [4.69, 9.17) is 0 Å². The highest BCUT2D eigenvalue weighted by Gasteiger charge is 2.32. The number of carbonyl (C=O) groups excluding carboxylic acids is 1. The smallest absolute Gasteiger partial charge is 0.272 e. The minimum Gasteiger partial charge on any atom is -0.335 e. The molecule has 0 spiro atoms. The van der Waals surface area contributed by atoms with Crippen molar-refractivity contribution < 1.29 is 22.0 Å². The lowest BCUT2D eigenvalue weighted by Crippen LogP contribution is -2.50. The van der Waals surface area contributed by atoms with E-state index in [1.807, 2.05) is 30.3 Å². The first-order chi connectivity index (χ1) is 13.9. The normalized spacial score (nSPS) is 15.6. The maximum Gasteiger partial charge on any atom is 0.272 e. The van der Waals surface area contributed by atoms with Crippen molar-refractivity contribution >= 4 is 26.8 Å². The van der Waals surface area contributed by atoms with E-state index in [1.165, 1.54) is 4.90 Å². The van der Waals surface area contributed by atoms with Crippen molar-refractivity contribution in [1.82, 2.24) is 14.2 Å². The van der Waals surface area contributed by atoms with Gasteiger partial charge in [0.15, 0.2) is 0 Å². The van der Waals surface area contributed by atoms with Crippen molar-refractivity contribution in [2.45, 2.75) is 4.90 Å². The molecule has 6 nitrogen and oxygen atoms in total. The number of sulfonamides is 1. The number of rotatable bonds is 3. The van der Waals surface area contributed by atoms with Gasteiger partial charge in [0.25, 0.3) is 5.91 Å². The fourth-order valence-electron chi connectivity index (χ4n) is 3.29. The number of pyridine rings is 1. The van der Waals surface area contributed by atoms with Gasteiger partial charge in [-0.1, -0.05) is 24.3 Å². The van der Waals surface area contributed by atoms with Crippen LogP contribution in [0.4, 0.5) is 8.78 Å². The lowest BCUT2D eigenvalue weighted by atomic mass is 10.2. The molecule has 2 heterocycles. The Balaban J connectivity index is 1.49. The predicted octanol–water partition coefficient (Wildman–Crippen LogP) is 2.66. The molecule has 2 aromatic carbocycles. The Morgan fingerprint density at radius 3 is 2.41 bits per heavy atom. The Kier molecular flexibility index (Phi) is 5.01. The number of piperazine rings is 1. The van der Waals surface area contributed by atoms with E-state index in [0.717, 1.165) is 21.8 Å². The molecule has 0 bridgehead atoms. The Hall–Kier alpha value is -2.91. The summed E-state index contributed by atoms with van der Waals surface area (Å²) in [4.78, 5) is 17.9. The molecule has 1 fully saturated rings. The van der Waals surface area contributed by atoms with Crippen LogP contribution in [0.25, 0.3) is 10.9 Å². The molecule has 0 aliphatic carbocycles. The predicted molar refractivity (Wildman–Crippen MR) is 103 cm³/mol. The van der Waals surface area contributed by atoms with Crippen LogP contribution in [-0.4, -0.2) is 54.7 Å². The third-order valence-electron chi connectivity index (χ3n) is 4.85. The highest BCUT2D eigenvalue weighted by atomic mass is 32.2. The van der Waals surface area contributed by atoms with Gasteiger partial charge in [0, 0.05) is 31.6 Å². The van der Waals surface area contributed by atoms with Gasteiger partial charge in [-0.15, -0.1) is 0 Å². The van der Waals surface area contributed by atoms with E-state index in [2.05, 4.69) is 4.98 Å². The molecule has 1 amide bonds. The minimum atomic E-state index is -4.19. The summed E-state index contributed by atoms with van der Waals surface area (Å²) in [5.41, 5.74) is 0.970. The van der Waals surface area contributed by atoms with Crippen molar-refractivity contribution in [2.75, 3.05) is 26.2 Å². The van der Waals surface area contributed by atoms with E-state index in [1.54, 1.807) is 6.07 Å². The van der Waals surface area contributed by atoms with Gasteiger partial charge in [0.2, 0.25) is 10.0 Å². The number of para-hydroxylation sites is 1. The zero-order valence-electron chi connectivity index (χ0n) is 15.3. The number of fused-ring (bicyclic) bond motifs is 1. The average Bonchev–Trinajstić information content (AvgIpc) is 2.74. The third kappa shape index (κ3) is 3.70. The number of amides is 1. The van der Waals surface area contributed by atoms with E-state index >= 15 is 0 Å². The highest BCUT2D eigenvalue weighted by Crippen LogP contribution is 2.22. The summed E-state index contributed by atoms with van der Waals surface area (Å²) in [6.07, 6.45) is 0. The maximum absolute atomic E-state index is 13.9. The number of aromatic nitrogens is 1. The number of hydrogen-bond acceptors (Lipinski definition) is 4. The maximum atomic E-state index is 13.9. The van der Waals surface area contributed by atoms with Crippen molar-refractivity contribution in [2.24, 2.45) is 0 Å². The Bertz CT molecular complexity index is 1190. The molecule has 1 aromatic heterocycles. The number of halogens is 2.